The van der Waals surface area contributed by atoms with E-state index in [1.165, 1.54) is 25.3 Å². The molecule has 8 heteroatoms. The van der Waals surface area contributed by atoms with Crippen molar-refractivity contribution in [2.24, 2.45) is 5.73 Å². The van der Waals surface area contributed by atoms with Crippen LogP contribution in [0.2, 0.25) is 5.02 Å². The molecule has 0 amide bonds. The number of hydrogen-bond acceptors (Lipinski definition) is 5. The van der Waals surface area contributed by atoms with E-state index in [1.807, 2.05) is 0 Å². The SMILES string of the molecule is COC(=O)c1ccc(S(=O)(=O)NCCCN)c(Cl)c1. The molecule has 0 bridgehead atoms. The Morgan fingerprint density at radius 1 is 1.47 bits per heavy atom. The van der Waals surface area contributed by atoms with Gasteiger partial charge in [-0.25, -0.2) is 17.9 Å². The summed E-state index contributed by atoms with van der Waals surface area (Å²) in [5, 5.41) is -0.0388. The van der Waals surface area contributed by atoms with Crippen molar-refractivity contribution in [1.29, 1.82) is 0 Å². The van der Waals surface area contributed by atoms with Gasteiger partial charge in [-0.2, -0.15) is 0 Å². The molecule has 1 rings (SSSR count). The fourth-order valence-electron chi connectivity index (χ4n) is 1.35. The average Bonchev–Trinajstić information content (AvgIpc) is 2.37. The van der Waals surface area contributed by atoms with Crippen LogP contribution in [-0.2, 0) is 14.8 Å². The number of methoxy groups -OCH3 is 1. The van der Waals surface area contributed by atoms with Gasteiger partial charge in [0.05, 0.1) is 17.7 Å². The third kappa shape index (κ3) is 4.17. The molecular formula is C11H15ClN2O4S. The summed E-state index contributed by atoms with van der Waals surface area (Å²) in [7, 11) is -2.47. The predicted octanol–water partition coefficient (Wildman–Crippen LogP) is 0.754. The predicted molar refractivity (Wildman–Crippen MR) is 71.7 cm³/mol. The molecule has 0 saturated heterocycles. The Labute approximate surface area is 116 Å². The number of hydrogen-bond donors (Lipinski definition) is 2. The summed E-state index contributed by atoms with van der Waals surface area (Å²) in [5.41, 5.74) is 5.47. The summed E-state index contributed by atoms with van der Waals surface area (Å²) in [6.45, 7) is 0.617. The van der Waals surface area contributed by atoms with Crippen molar-refractivity contribution in [3.8, 4) is 0 Å². The fraction of sp³-hybridized carbons (Fsp3) is 0.364. The van der Waals surface area contributed by atoms with Crippen LogP contribution in [0.5, 0.6) is 0 Å². The number of sulfonamides is 1. The maximum atomic E-state index is 11.9. The zero-order valence-electron chi connectivity index (χ0n) is 10.3. The van der Waals surface area contributed by atoms with Gasteiger partial charge in [-0.05, 0) is 31.2 Å². The molecule has 0 radical (unpaired) electrons. The molecule has 0 aromatic heterocycles. The van der Waals surface area contributed by atoms with Gasteiger partial charge >= 0.3 is 5.97 Å². The van der Waals surface area contributed by atoms with Gasteiger partial charge in [0.2, 0.25) is 10.0 Å². The van der Waals surface area contributed by atoms with E-state index in [4.69, 9.17) is 17.3 Å². The molecule has 0 saturated carbocycles. The molecule has 106 valence electrons. The van der Waals surface area contributed by atoms with Crippen molar-refractivity contribution >= 4 is 27.6 Å². The Morgan fingerprint density at radius 2 is 2.16 bits per heavy atom. The van der Waals surface area contributed by atoms with Crippen LogP contribution in [0.4, 0.5) is 0 Å². The van der Waals surface area contributed by atoms with Gasteiger partial charge in [-0.3, -0.25) is 0 Å². The summed E-state index contributed by atoms with van der Waals surface area (Å²) in [6, 6.07) is 3.86. The van der Waals surface area contributed by atoms with Gasteiger partial charge in [-0.15, -0.1) is 0 Å². The zero-order chi connectivity index (χ0) is 14.5. The van der Waals surface area contributed by atoms with Crippen molar-refractivity contribution in [1.82, 2.24) is 4.72 Å². The van der Waals surface area contributed by atoms with Gasteiger partial charge in [-0.1, -0.05) is 11.6 Å². The number of halogens is 1. The lowest BCUT2D eigenvalue weighted by Gasteiger charge is -2.08. The lowest BCUT2D eigenvalue weighted by atomic mass is 10.2. The van der Waals surface area contributed by atoms with Crippen LogP contribution in [-0.4, -0.2) is 34.6 Å². The largest absolute Gasteiger partial charge is 0.465 e. The van der Waals surface area contributed by atoms with Gasteiger partial charge in [0.15, 0.2) is 0 Å². The second-order valence-electron chi connectivity index (χ2n) is 3.68. The first-order valence-electron chi connectivity index (χ1n) is 5.50. The number of carbonyl (C=O) groups is 1. The molecule has 0 unspecified atom stereocenters. The van der Waals surface area contributed by atoms with Crippen LogP contribution in [0.15, 0.2) is 23.1 Å². The smallest absolute Gasteiger partial charge is 0.337 e. The molecule has 1 aromatic rings. The first kappa shape index (κ1) is 15.9. The monoisotopic (exact) mass is 306 g/mol. The molecule has 6 nitrogen and oxygen atoms in total. The van der Waals surface area contributed by atoms with Crippen molar-refractivity contribution in [2.75, 3.05) is 20.2 Å². The van der Waals surface area contributed by atoms with E-state index in [0.717, 1.165) is 0 Å². The van der Waals surface area contributed by atoms with E-state index in [-0.39, 0.29) is 22.0 Å². The Morgan fingerprint density at radius 3 is 2.68 bits per heavy atom. The molecule has 19 heavy (non-hydrogen) atoms. The third-order valence-corrected chi connectivity index (χ3v) is 4.26. The van der Waals surface area contributed by atoms with E-state index >= 15 is 0 Å². The van der Waals surface area contributed by atoms with Gasteiger partial charge in [0, 0.05) is 6.54 Å². The molecule has 0 fully saturated rings. The fourth-order valence-corrected chi connectivity index (χ4v) is 2.97. The summed E-state index contributed by atoms with van der Waals surface area (Å²) >= 11 is 5.88. The van der Waals surface area contributed by atoms with E-state index in [2.05, 4.69) is 9.46 Å². The molecule has 0 atom stereocenters. The lowest BCUT2D eigenvalue weighted by Crippen LogP contribution is -2.26. The van der Waals surface area contributed by atoms with Crippen molar-refractivity contribution in [3.05, 3.63) is 28.8 Å². The Bertz CT molecular complexity index is 560. The minimum absolute atomic E-state index is 0.0388. The maximum Gasteiger partial charge on any atom is 0.337 e. The topological polar surface area (TPSA) is 98.5 Å². The van der Waals surface area contributed by atoms with Crippen LogP contribution in [0.25, 0.3) is 0 Å². The molecule has 0 aliphatic carbocycles. The Kier molecular flexibility index (Phi) is 5.74. The second-order valence-corrected chi connectivity index (χ2v) is 5.82. The number of rotatable bonds is 6. The minimum atomic E-state index is -3.70. The van der Waals surface area contributed by atoms with Crippen molar-refractivity contribution in [3.63, 3.8) is 0 Å². The molecular weight excluding hydrogens is 292 g/mol. The van der Waals surface area contributed by atoms with Crippen molar-refractivity contribution in [2.45, 2.75) is 11.3 Å². The van der Waals surface area contributed by atoms with Crippen LogP contribution >= 0.6 is 11.6 Å². The molecule has 0 heterocycles. The van der Waals surface area contributed by atoms with Crippen molar-refractivity contribution < 1.29 is 17.9 Å². The number of nitrogens with two attached hydrogens (primary N) is 1. The number of nitrogens with one attached hydrogen (secondary N) is 1. The standard InChI is InChI=1S/C11H15ClN2O4S/c1-18-11(15)8-3-4-10(9(12)7-8)19(16,17)14-6-2-5-13/h3-4,7,14H,2,5-6,13H2,1H3. The highest BCUT2D eigenvalue weighted by Crippen LogP contribution is 2.22. The number of esters is 1. The van der Waals surface area contributed by atoms with E-state index in [0.29, 0.717) is 13.0 Å². The first-order chi connectivity index (χ1) is 8.92. The zero-order valence-corrected chi connectivity index (χ0v) is 11.9. The molecule has 0 spiro atoms. The summed E-state index contributed by atoms with van der Waals surface area (Å²) < 4.78 is 30.7. The average molecular weight is 307 g/mol. The van der Waals surface area contributed by atoms with Crippen LogP contribution in [0, 0.1) is 0 Å². The van der Waals surface area contributed by atoms with Crippen LogP contribution < -0.4 is 10.5 Å². The quantitative estimate of drug-likeness (QED) is 0.597. The third-order valence-electron chi connectivity index (χ3n) is 2.32. The molecule has 1 aromatic carbocycles. The Balaban J connectivity index is 2.99. The molecule has 3 N–H and O–H groups in total. The number of ether oxygens (including phenoxy) is 1. The van der Waals surface area contributed by atoms with Crippen LogP contribution in [0.1, 0.15) is 16.8 Å². The summed E-state index contributed by atoms with van der Waals surface area (Å²) in [6.07, 6.45) is 0.525. The maximum absolute atomic E-state index is 11.9. The first-order valence-corrected chi connectivity index (χ1v) is 7.36. The Hall–Kier alpha value is -1.15. The normalized spacial score (nSPS) is 11.3. The molecule has 0 aliphatic heterocycles. The summed E-state index contributed by atoms with van der Waals surface area (Å²) in [4.78, 5) is 11.2. The van der Waals surface area contributed by atoms with Gasteiger partial charge in [0.1, 0.15) is 4.90 Å². The van der Waals surface area contributed by atoms with E-state index < -0.39 is 16.0 Å². The molecule has 0 aliphatic rings. The highest BCUT2D eigenvalue weighted by Gasteiger charge is 2.19. The lowest BCUT2D eigenvalue weighted by molar-refractivity contribution is 0.0600. The summed E-state index contributed by atoms with van der Waals surface area (Å²) in [5.74, 6) is -0.582. The second kappa shape index (κ2) is 6.85. The highest BCUT2D eigenvalue weighted by atomic mass is 35.5. The van der Waals surface area contributed by atoms with Gasteiger partial charge in [0.25, 0.3) is 0 Å². The van der Waals surface area contributed by atoms with E-state index in [9.17, 15) is 13.2 Å². The van der Waals surface area contributed by atoms with E-state index in [1.54, 1.807) is 0 Å². The number of carbonyl (C=O) groups excluding carboxylic acids is 1. The van der Waals surface area contributed by atoms with Crippen LogP contribution in [0.3, 0.4) is 0 Å². The minimum Gasteiger partial charge on any atom is -0.465 e. The number of benzene rings is 1. The van der Waals surface area contributed by atoms with Gasteiger partial charge < -0.3 is 10.5 Å². The highest BCUT2D eigenvalue weighted by molar-refractivity contribution is 7.89.